The van der Waals surface area contributed by atoms with Crippen molar-refractivity contribution in [2.75, 3.05) is 19.6 Å². The Labute approximate surface area is 185 Å². The van der Waals surface area contributed by atoms with Gasteiger partial charge in [0.1, 0.15) is 5.67 Å². The molecule has 0 radical (unpaired) electrons. The highest BCUT2D eigenvalue weighted by molar-refractivity contribution is 5.35. The van der Waals surface area contributed by atoms with Gasteiger partial charge in [-0.15, -0.1) is 0 Å². The van der Waals surface area contributed by atoms with E-state index in [1.165, 1.54) is 54.4 Å². The van der Waals surface area contributed by atoms with E-state index in [-0.39, 0.29) is 0 Å². The fourth-order valence-electron chi connectivity index (χ4n) is 4.56. The monoisotopic (exact) mass is 413 g/mol. The molecule has 1 aromatic rings. The molecule has 0 bridgehead atoms. The van der Waals surface area contributed by atoms with Gasteiger partial charge in [0.15, 0.2) is 0 Å². The summed E-state index contributed by atoms with van der Waals surface area (Å²) >= 11 is 0. The van der Waals surface area contributed by atoms with Gasteiger partial charge in [-0.25, -0.2) is 4.39 Å². The molecule has 2 rings (SSSR count). The number of allylic oxidation sites excluding steroid dienone is 2. The molecule has 1 nitrogen and oxygen atoms in total. The molecule has 0 aromatic heterocycles. The van der Waals surface area contributed by atoms with Gasteiger partial charge in [0.25, 0.3) is 0 Å². The quantitative estimate of drug-likeness (QED) is 0.332. The molecule has 0 spiro atoms. The Morgan fingerprint density at radius 2 is 1.77 bits per heavy atom. The Bertz CT molecular complexity index is 708. The summed E-state index contributed by atoms with van der Waals surface area (Å²) in [4.78, 5) is 2.56. The number of hydrogen-bond acceptors (Lipinski definition) is 1. The van der Waals surface area contributed by atoms with Crippen LogP contribution >= 0.6 is 0 Å². The lowest BCUT2D eigenvalue weighted by molar-refractivity contribution is 0.245. The topological polar surface area (TPSA) is 3.24 Å². The molecule has 1 aliphatic heterocycles. The van der Waals surface area contributed by atoms with Crippen LogP contribution in [0.1, 0.15) is 90.2 Å². The SMILES string of the molecule is CCCCCCCN1CCC(/C=C(\C)CCc2ccccc2C)=C(C(C)(C)F)CC1. The molecule has 0 fully saturated rings. The highest BCUT2D eigenvalue weighted by Crippen LogP contribution is 2.32. The number of unbranched alkanes of at least 4 members (excludes halogenated alkanes) is 4. The summed E-state index contributed by atoms with van der Waals surface area (Å²) < 4.78 is 15.1. The number of rotatable bonds is 11. The Hall–Kier alpha value is -1.41. The van der Waals surface area contributed by atoms with Crippen molar-refractivity contribution in [1.29, 1.82) is 0 Å². The van der Waals surface area contributed by atoms with Crippen LogP contribution in [-0.2, 0) is 6.42 Å². The Morgan fingerprint density at radius 3 is 2.47 bits per heavy atom. The molecule has 0 atom stereocenters. The summed E-state index contributed by atoms with van der Waals surface area (Å²) in [5, 5.41) is 0. The average Bonchev–Trinajstić information content (AvgIpc) is 2.89. The van der Waals surface area contributed by atoms with Gasteiger partial charge in [-0.1, -0.05) is 68.5 Å². The first-order chi connectivity index (χ1) is 14.3. The molecule has 0 unspecified atom stereocenters. The van der Waals surface area contributed by atoms with Crippen LogP contribution in [0.25, 0.3) is 0 Å². The van der Waals surface area contributed by atoms with E-state index in [2.05, 4.69) is 56.0 Å². The Kier molecular flexibility index (Phi) is 10.3. The van der Waals surface area contributed by atoms with Gasteiger partial charge in [-0.2, -0.15) is 0 Å². The molecule has 1 aromatic carbocycles. The molecule has 0 aliphatic carbocycles. The van der Waals surface area contributed by atoms with Crippen molar-refractivity contribution in [3.63, 3.8) is 0 Å². The van der Waals surface area contributed by atoms with Crippen molar-refractivity contribution in [3.8, 4) is 0 Å². The molecule has 0 N–H and O–H groups in total. The third kappa shape index (κ3) is 8.38. The van der Waals surface area contributed by atoms with Crippen LogP contribution in [0, 0.1) is 6.92 Å². The number of alkyl halides is 1. The van der Waals surface area contributed by atoms with Crippen molar-refractivity contribution >= 4 is 0 Å². The first kappa shape index (κ1) is 24.9. The fourth-order valence-corrected chi connectivity index (χ4v) is 4.56. The summed E-state index contributed by atoms with van der Waals surface area (Å²) in [6.07, 6.45) is 12.8. The summed E-state index contributed by atoms with van der Waals surface area (Å²) in [5.74, 6) is 0. The summed E-state index contributed by atoms with van der Waals surface area (Å²) in [6, 6.07) is 8.63. The largest absolute Gasteiger partial charge is 0.303 e. The summed E-state index contributed by atoms with van der Waals surface area (Å²) in [5.41, 5.74) is 5.17. The third-order valence-corrected chi connectivity index (χ3v) is 6.53. The van der Waals surface area contributed by atoms with E-state index in [1.807, 2.05) is 0 Å². The Balaban J connectivity index is 2.00. The molecule has 2 heteroatoms. The minimum atomic E-state index is -1.24. The molecular weight excluding hydrogens is 369 g/mol. The second-order valence-corrected chi connectivity index (χ2v) is 9.65. The van der Waals surface area contributed by atoms with Gasteiger partial charge in [0, 0.05) is 13.1 Å². The van der Waals surface area contributed by atoms with Crippen LogP contribution in [0.3, 0.4) is 0 Å². The Morgan fingerprint density at radius 1 is 1.07 bits per heavy atom. The zero-order valence-corrected chi connectivity index (χ0v) is 20.2. The lowest BCUT2D eigenvalue weighted by atomic mass is 9.89. The first-order valence-corrected chi connectivity index (χ1v) is 12.2. The lowest BCUT2D eigenvalue weighted by Crippen LogP contribution is -2.27. The van der Waals surface area contributed by atoms with Crippen LogP contribution in [0.4, 0.5) is 4.39 Å². The van der Waals surface area contributed by atoms with E-state index >= 15 is 4.39 Å². The number of hydrogen-bond donors (Lipinski definition) is 0. The number of nitrogens with zero attached hydrogens (tertiary/aromatic N) is 1. The molecule has 168 valence electrons. The summed E-state index contributed by atoms with van der Waals surface area (Å²) in [7, 11) is 0. The van der Waals surface area contributed by atoms with E-state index in [0.717, 1.165) is 50.9 Å². The third-order valence-electron chi connectivity index (χ3n) is 6.53. The smallest absolute Gasteiger partial charge is 0.127 e. The maximum absolute atomic E-state index is 15.1. The predicted molar refractivity (Wildman–Crippen MR) is 130 cm³/mol. The van der Waals surface area contributed by atoms with Gasteiger partial charge in [-0.3, -0.25) is 0 Å². The molecule has 0 saturated carbocycles. The standard InChI is InChI=1S/C28H44FN/c1-6-7-8-9-12-19-30-20-17-26(27(18-21-30)28(4,5)29)22-23(2)15-16-25-14-11-10-13-24(25)3/h10-11,13-14,22H,6-9,12,15-21H2,1-5H3/b23-22+. The van der Waals surface area contributed by atoms with E-state index in [0.29, 0.717) is 0 Å². The molecule has 0 saturated heterocycles. The van der Waals surface area contributed by atoms with Crippen LogP contribution in [0.2, 0.25) is 0 Å². The minimum absolute atomic E-state index is 0.857. The van der Waals surface area contributed by atoms with Crippen molar-refractivity contribution < 1.29 is 4.39 Å². The van der Waals surface area contributed by atoms with Crippen LogP contribution in [0.5, 0.6) is 0 Å². The number of aryl methyl sites for hydroxylation is 2. The van der Waals surface area contributed by atoms with E-state index in [1.54, 1.807) is 13.8 Å². The molecular formula is C28H44FN. The van der Waals surface area contributed by atoms with Gasteiger partial charge in [-0.05, 0) is 88.6 Å². The molecule has 30 heavy (non-hydrogen) atoms. The summed E-state index contributed by atoms with van der Waals surface area (Å²) in [6.45, 7) is 13.3. The van der Waals surface area contributed by atoms with Crippen LogP contribution < -0.4 is 0 Å². The van der Waals surface area contributed by atoms with Crippen molar-refractivity contribution in [1.82, 2.24) is 4.90 Å². The normalized spacial score (nSPS) is 16.8. The first-order valence-electron chi connectivity index (χ1n) is 12.2. The minimum Gasteiger partial charge on any atom is -0.303 e. The number of halogens is 1. The van der Waals surface area contributed by atoms with Gasteiger partial charge in [0.05, 0.1) is 0 Å². The fraction of sp³-hybridized carbons (Fsp3) is 0.643. The van der Waals surface area contributed by atoms with Crippen molar-refractivity contribution in [2.24, 2.45) is 0 Å². The lowest BCUT2D eigenvalue weighted by Gasteiger charge is -2.22. The van der Waals surface area contributed by atoms with Gasteiger partial charge < -0.3 is 4.90 Å². The van der Waals surface area contributed by atoms with E-state index in [9.17, 15) is 0 Å². The van der Waals surface area contributed by atoms with E-state index in [4.69, 9.17) is 0 Å². The maximum Gasteiger partial charge on any atom is 0.127 e. The highest BCUT2D eigenvalue weighted by Gasteiger charge is 2.27. The second kappa shape index (κ2) is 12.4. The van der Waals surface area contributed by atoms with Gasteiger partial charge in [0.2, 0.25) is 0 Å². The van der Waals surface area contributed by atoms with Crippen molar-refractivity contribution in [3.05, 3.63) is 58.2 Å². The predicted octanol–water partition coefficient (Wildman–Crippen LogP) is 7.98. The zero-order chi connectivity index (χ0) is 22.0. The zero-order valence-electron chi connectivity index (χ0n) is 20.2. The molecule has 1 aliphatic rings. The van der Waals surface area contributed by atoms with Crippen molar-refractivity contribution in [2.45, 2.75) is 98.1 Å². The van der Waals surface area contributed by atoms with Crippen LogP contribution in [0.15, 0.2) is 47.1 Å². The van der Waals surface area contributed by atoms with Crippen LogP contribution in [-0.4, -0.2) is 30.2 Å². The molecule has 0 amide bonds. The second-order valence-electron chi connectivity index (χ2n) is 9.65. The van der Waals surface area contributed by atoms with Gasteiger partial charge >= 0.3 is 0 Å². The van der Waals surface area contributed by atoms with E-state index < -0.39 is 5.67 Å². The molecule has 1 heterocycles. The maximum atomic E-state index is 15.1. The average molecular weight is 414 g/mol. The number of benzene rings is 1. The highest BCUT2D eigenvalue weighted by atomic mass is 19.1.